The normalized spacial score (nSPS) is 11.9. The molecule has 0 fully saturated rings. The van der Waals surface area contributed by atoms with E-state index in [9.17, 15) is 9.59 Å². The average molecular weight is 301 g/mol. The summed E-state index contributed by atoms with van der Waals surface area (Å²) in [5.74, 6) is -1.56. The number of nitrogens with zero attached hydrogens (tertiary/aromatic N) is 1. The van der Waals surface area contributed by atoms with Crippen molar-refractivity contribution in [3.63, 3.8) is 0 Å². The molecule has 0 aliphatic carbocycles. The van der Waals surface area contributed by atoms with Crippen molar-refractivity contribution in [2.75, 3.05) is 13.7 Å². The summed E-state index contributed by atoms with van der Waals surface area (Å²) in [5.41, 5.74) is 0.884. The summed E-state index contributed by atoms with van der Waals surface area (Å²) < 4.78 is 4.86. The minimum Gasteiger partial charge on any atom is -0.480 e. The molecule has 0 spiro atoms. The number of pyridine rings is 1. The molecule has 1 unspecified atom stereocenters. The van der Waals surface area contributed by atoms with Crippen molar-refractivity contribution in [2.45, 2.75) is 25.8 Å². The number of carbonyl (C=O) groups is 2. The van der Waals surface area contributed by atoms with Gasteiger partial charge in [-0.2, -0.15) is 0 Å². The van der Waals surface area contributed by atoms with Crippen LogP contribution in [0.3, 0.4) is 0 Å². The van der Waals surface area contributed by atoms with E-state index >= 15 is 0 Å². The van der Waals surface area contributed by atoms with Gasteiger partial charge < -0.3 is 15.2 Å². The maximum atomic E-state index is 12.0. The number of halogens is 1. The maximum absolute atomic E-state index is 12.0. The van der Waals surface area contributed by atoms with Gasteiger partial charge >= 0.3 is 5.97 Å². The second-order valence-electron chi connectivity index (χ2n) is 4.32. The molecule has 1 heterocycles. The molecule has 0 aliphatic rings. The minimum atomic E-state index is -1.08. The molecule has 0 aromatic carbocycles. The fourth-order valence-corrected chi connectivity index (χ4v) is 1.94. The van der Waals surface area contributed by atoms with E-state index in [1.54, 1.807) is 13.0 Å². The van der Waals surface area contributed by atoms with Crippen molar-refractivity contribution in [3.8, 4) is 0 Å². The predicted molar refractivity (Wildman–Crippen MR) is 74.0 cm³/mol. The molecule has 0 bridgehead atoms. The summed E-state index contributed by atoms with van der Waals surface area (Å²) in [6.07, 6.45) is 0.844. The highest BCUT2D eigenvalue weighted by Crippen LogP contribution is 2.11. The van der Waals surface area contributed by atoms with Gasteiger partial charge in [-0.3, -0.25) is 4.79 Å². The van der Waals surface area contributed by atoms with E-state index in [0.717, 1.165) is 0 Å². The number of methoxy groups -OCH3 is 1. The number of aliphatic carboxylic acids is 1. The van der Waals surface area contributed by atoms with Gasteiger partial charge in [0.05, 0.1) is 0 Å². The monoisotopic (exact) mass is 300 g/mol. The zero-order chi connectivity index (χ0) is 15.1. The van der Waals surface area contributed by atoms with Crippen LogP contribution in [0.2, 0.25) is 5.15 Å². The summed E-state index contributed by atoms with van der Waals surface area (Å²) in [4.78, 5) is 27.0. The van der Waals surface area contributed by atoms with Crippen LogP contribution >= 0.6 is 11.6 Å². The number of aromatic nitrogens is 1. The van der Waals surface area contributed by atoms with E-state index in [1.165, 1.54) is 13.2 Å². The Balaban J connectivity index is 2.72. The van der Waals surface area contributed by atoms with Gasteiger partial charge in [-0.25, -0.2) is 9.78 Å². The molecule has 1 atom stereocenters. The fourth-order valence-electron chi connectivity index (χ4n) is 1.69. The number of aryl methyl sites for hydroxylation is 1. The molecule has 0 aliphatic heterocycles. The Morgan fingerprint density at radius 1 is 1.50 bits per heavy atom. The highest BCUT2D eigenvalue weighted by Gasteiger charge is 2.20. The average Bonchev–Trinajstić information content (AvgIpc) is 2.36. The van der Waals surface area contributed by atoms with Crippen molar-refractivity contribution >= 4 is 23.5 Å². The number of ether oxygens (including phenoxy) is 1. The molecule has 1 amide bonds. The summed E-state index contributed by atoms with van der Waals surface area (Å²) in [5, 5.41) is 11.7. The van der Waals surface area contributed by atoms with Gasteiger partial charge in [0.2, 0.25) is 0 Å². The Kier molecular flexibility index (Phi) is 6.41. The Morgan fingerprint density at radius 3 is 2.75 bits per heavy atom. The first-order valence-corrected chi connectivity index (χ1v) is 6.48. The van der Waals surface area contributed by atoms with Crippen molar-refractivity contribution in [2.24, 2.45) is 0 Å². The van der Waals surface area contributed by atoms with Gasteiger partial charge in [0.25, 0.3) is 5.91 Å². The second kappa shape index (κ2) is 7.81. The highest BCUT2D eigenvalue weighted by atomic mass is 35.5. The lowest BCUT2D eigenvalue weighted by molar-refractivity contribution is -0.139. The number of rotatable bonds is 7. The van der Waals surface area contributed by atoms with E-state index in [-0.39, 0.29) is 5.15 Å². The Labute approximate surface area is 122 Å². The molecule has 1 aromatic heterocycles. The first kappa shape index (κ1) is 16.4. The van der Waals surface area contributed by atoms with Crippen LogP contribution in [0, 0.1) is 6.92 Å². The van der Waals surface area contributed by atoms with Crippen LogP contribution in [0.25, 0.3) is 0 Å². The number of hydrogen-bond acceptors (Lipinski definition) is 4. The number of carboxylic acid groups (broad SMARTS) is 1. The van der Waals surface area contributed by atoms with Crippen LogP contribution in [0.5, 0.6) is 0 Å². The van der Waals surface area contributed by atoms with Crippen molar-refractivity contribution in [3.05, 3.63) is 28.5 Å². The molecule has 1 rings (SSSR count). The van der Waals surface area contributed by atoms with Gasteiger partial charge in [-0.15, -0.1) is 0 Å². The summed E-state index contributed by atoms with van der Waals surface area (Å²) in [6.45, 7) is 2.15. The third kappa shape index (κ3) is 5.14. The number of nitrogens with one attached hydrogen (secondary N) is 1. The first-order valence-electron chi connectivity index (χ1n) is 6.11. The Hall–Kier alpha value is -1.66. The number of carbonyl (C=O) groups excluding carboxylic acids is 1. The lowest BCUT2D eigenvalue weighted by Crippen LogP contribution is -2.41. The van der Waals surface area contributed by atoms with Gasteiger partial charge in [-0.05, 0) is 31.9 Å². The van der Waals surface area contributed by atoms with E-state index in [2.05, 4.69) is 10.3 Å². The topological polar surface area (TPSA) is 88.5 Å². The van der Waals surface area contributed by atoms with Crippen LogP contribution in [0.15, 0.2) is 12.1 Å². The van der Waals surface area contributed by atoms with Crippen LogP contribution in [-0.4, -0.2) is 41.7 Å². The Bertz CT molecular complexity index is 473. The molecule has 0 radical (unpaired) electrons. The van der Waals surface area contributed by atoms with Crippen LogP contribution in [-0.2, 0) is 9.53 Å². The van der Waals surface area contributed by atoms with Gasteiger partial charge in [-0.1, -0.05) is 11.6 Å². The molecule has 20 heavy (non-hydrogen) atoms. The third-order valence-electron chi connectivity index (χ3n) is 2.63. The van der Waals surface area contributed by atoms with Gasteiger partial charge in [0.1, 0.15) is 11.2 Å². The van der Waals surface area contributed by atoms with E-state index in [0.29, 0.717) is 30.7 Å². The standard InChI is InChI=1S/C13H17ClN2O4/c1-8-6-9(7-11(14)15-8)12(17)16-10(13(18)19)4-3-5-20-2/h6-7,10H,3-5H2,1-2H3,(H,16,17)(H,18,19). The van der Waals surface area contributed by atoms with Gasteiger partial charge in [0, 0.05) is 25.0 Å². The molecule has 0 saturated heterocycles. The van der Waals surface area contributed by atoms with Crippen LogP contribution in [0.4, 0.5) is 0 Å². The van der Waals surface area contributed by atoms with E-state index in [1.807, 2.05) is 0 Å². The quantitative estimate of drug-likeness (QED) is 0.590. The second-order valence-corrected chi connectivity index (χ2v) is 4.71. The molecule has 110 valence electrons. The number of carboxylic acids is 1. The lowest BCUT2D eigenvalue weighted by atomic mass is 10.1. The molecule has 1 aromatic rings. The molecule has 2 N–H and O–H groups in total. The minimum absolute atomic E-state index is 0.196. The molecule has 6 nitrogen and oxygen atoms in total. The molecular formula is C13H17ClN2O4. The zero-order valence-electron chi connectivity index (χ0n) is 11.4. The van der Waals surface area contributed by atoms with Crippen molar-refractivity contribution < 1.29 is 19.4 Å². The van der Waals surface area contributed by atoms with Crippen molar-refractivity contribution in [1.82, 2.24) is 10.3 Å². The summed E-state index contributed by atoms with van der Waals surface area (Å²) >= 11 is 5.77. The molecule has 7 heteroatoms. The number of hydrogen-bond donors (Lipinski definition) is 2. The van der Waals surface area contributed by atoms with Gasteiger partial charge in [0.15, 0.2) is 0 Å². The molecule has 0 saturated carbocycles. The zero-order valence-corrected chi connectivity index (χ0v) is 12.1. The lowest BCUT2D eigenvalue weighted by Gasteiger charge is -2.14. The maximum Gasteiger partial charge on any atom is 0.326 e. The largest absolute Gasteiger partial charge is 0.480 e. The fraction of sp³-hybridized carbons (Fsp3) is 0.462. The van der Waals surface area contributed by atoms with E-state index in [4.69, 9.17) is 21.4 Å². The number of amides is 1. The van der Waals surface area contributed by atoms with E-state index < -0.39 is 17.9 Å². The molecular weight excluding hydrogens is 284 g/mol. The predicted octanol–water partition coefficient (Wildman–Crippen LogP) is 1.65. The summed E-state index contributed by atoms with van der Waals surface area (Å²) in [6, 6.07) is 2.00. The summed E-state index contributed by atoms with van der Waals surface area (Å²) in [7, 11) is 1.54. The SMILES string of the molecule is COCCCC(NC(=O)c1cc(C)nc(Cl)c1)C(=O)O. The van der Waals surface area contributed by atoms with Crippen molar-refractivity contribution in [1.29, 1.82) is 0 Å². The Morgan fingerprint density at radius 2 is 2.20 bits per heavy atom. The third-order valence-corrected chi connectivity index (χ3v) is 2.82. The first-order chi connectivity index (χ1) is 9.43. The highest BCUT2D eigenvalue weighted by molar-refractivity contribution is 6.29. The van der Waals surface area contributed by atoms with Crippen LogP contribution in [0.1, 0.15) is 28.9 Å². The van der Waals surface area contributed by atoms with Crippen LogP contribution < -0.4 is 5.32 Å². The smallest absolute Gasteiger partial charge is 0.326 e.